The van der Waals surface area contributed by atoms with Gasteiger partial charge < -0.3 is 6.87 Å². The second-order valence-corrected chi connectivity index (χ2v) is 2.11. The van der Waals surface area contributed by atoms with Crippen LogP contribution in [0.2, 0.25) is 0 Å². The Morgan fingerprint density at radius 2 is 2.11 bits per heavy atom. The van der Waals surface area contributed by atoms with Crippen LogP contribution in [0.25, 0.3) is 0 Å². The molecule has 0 bridgehead atoms. The molecule has 0 spiro atoms. The summed E-state index contributed by atoms with van der Waals surface area (Å²) in [5.74, 6) is 0. The zero-order chi connectivity index (χ0) is 7.11. The van der Waals surface area contributed by atoms with Crippen molar-refractivity contribution in [3.8, 4) is 0 Å². The molecule has 1 aromatic rings. The van der Waals surface area contributed by atoms with E-state index in [1.54, 1.807) is 12.4 Å². The first kappa shape index (κ1) is 8.82. The number of nitrogens with one attached hydrogen (secondary N) is 1. The normalized spacial score (nSPS) is 8.44. The van der Waals surface area contributed by atoms with Crippen molar-refractivity contribution >= 4 is 0 Å². The molecule has 1 heterocycles. The number of halogens is 1. The van der Waals surface area contributed by atoms with Crippen LogP contribution < -0.4 is 27.9 Å². The van der Waals surface area contributed by atoms with E-state index in [2.05, 4.69) is 10.2 Å². The number of aromatic nitrogens is 2. The summed E-state index contributed by atoms with van der Waals surface area (Å²) in [4.78, 5) is 0. The van der Waals surface area contributed by atoms with Crippen LogP contribution in [0.1, 0.15) is 0 Å². The zero-order valence-corrected chi connectivity index (χ0v) is 6.48. The maximum Gasteiger partial charge on any atom is 0.503 e. The number of hydrogen-bond donors (Lipinski definition) is 2. The summed E-state index contributed by atoms with van der Waals surface area (Å²) in [5.41, 5.74) is 0. The summed E-state index contributed by atoms with van der Waals surface area (Å²) in [6.07, 6.45) is 3.46. The van der Waals surface area contributed by atoms with Gasteiger partial charge in [0.15, 0.2) is 0 Å². The molecule has 1 rings (SSSR count). The van der Waals surface area contributed by atoms with Crippen molar-refractivity contribution in [3.63, 3.8) is 0 Å². The summed E-state index contributed by atoms with van der Waals surface area (Å²) in [6, 6.07) is 1.83. The highest BCUT2D eigenvalue weighted by atomic mass is 127. The highest BCUT2D eigenvalue weighted by Gasteiger charge is 1.89. The Labute approximate surface area is 60.4 Å². The monoisotopic (exact) mass is 244 g/mol. The van der Waals surface area contributed by atoms with Gasteiger partial charge in [0.2, 0.25) is 0 Å². The molecular formula is C3H5IN2O3. The third kappa shape index (κ3) is 11.4. The average Bonchev–Trinajstić information content (AvgIpc) is 2.11. The van der Waals surface area contributed by atoms with Crippen LogP contribution in [0.15, 0.2) is 18.5 Å². The first-order valence-electron chi connectivity index (χ1n) is 1.91. The zero-order valence-electron chi connectivity index (χ0n) is 4.32. The minimum Gasteiger partial charge on any atom is -0.396 e. The van der Waals surface area contributed by atoms with E-state index in [4.69, 9.17) is 10.3 Å². The molecule has 5 nitrogen and oxygen atoms in total. The molecule has 0 saturated carbocycles. The summed E-state index contributed by atoms with van der Waals surface area (Å²) in [6.45, 7) is 0. The Kier molecular flexibility index (Phi) is 5.83. The van der Waals surface area contributed by atoms with Gasteiger partial charge in [0.1, 0.15) is 0 Å². The third-order valence-electron chi connectivity index (χ3n) is 0.406. The van der Waals surface area contributed by atoms with E-state index < -0.39 is 21.1 Å². The number of H-pyrrole nitrogens is 1. The van der Waals surface area contributed by atoms with Crippen molar-refractivity contribution in [1.29, 1.82) is 0 Å². The molecule has 2 N–H and O–H groups in total. The SMILES string of the molecule is [O-][I+2]([O-])O.c1cn[nH]c1. The molecule has 0 amide bonds. The summed E-state index contributed by atoms with van der Waals surface area (Å²) in [5, 5.41) is 6.21. The molecule has 0 saturated heterocycles. The largest absolute Gasteiger partial charge is 0.503 e. The molecule has 0 aliphatic rings. The molecule has 0 unspecified atom stereocenters. The van der Waals surface area contributed by atoms with Crippen molar-refractivity contribution in [2.24, 2.45) is 0 Å². The lowest BCUT2D eigenvalue weighted by Crippen LogP contribution is -3.98. The lowest BCUT2D eigenvalue weighted by molar-refractivity contribution is -1.63. The number of aromatic amines is 1. The van der Waals surface area contributed by atoms with Gasteiger partial charge in [-0.1, -0.05) is 0 Å². The maximum absolute atomic E-state index is 8.68. The van der Waals surface area contributed by atoms with Crippen molar-refractivity contribution in [3.05, 3.63) is 18.5 Å². The predicted octanol–water partition coefficient (Wildman–Crippen LogP) is -5.52. The minimum atomic E-state index is -3.76. The van der Waals surface area contributed by atoms with E-state index in [-0.39, 0.29) is 0 Å². The van der Waals surface area contributed by atoms with Gasteiger partial charge in [-0.15, -0.1) is 0 Å². The summed E-state index contributed by atoms with van der Waals surface area (Å²) < 4.78 is 24.5. The fourth-order valence-corrected chi connectivity index (χ4v) is 0.215. The van der Waals surface area contributed by atoms with E-state index in [0.717, 1.165) is 0 Å². The second-order valence-electron chi connectivity index (χ2n) is 0.967. The molecule has 6 heteroatoms. The molecule has 1 aromatic heterocycles. The molecule has 0 fully saturated rings. The molecule has 52 valence electrons. The Morgan fingerprint density at radius 1 is 1.56 bits per heavy atom. The van der Waals surface area contributed by atoms with Gasteiger partial charge in [-0.3, -0.25) is 5.10 Å². The van der Waals surface area contributed by atoms with E-state index in [1.165, 1.54) is 0 Å². The third-order valence-corrected chi connectivity index (χ3v) is 0.406. The first-order valence-corrected chi connectivity index (χ1v) is 4.64. The van der Waals surface area contributed by atoms with E-state index >= 15 is 0 Å². The highest BCUT2D eigenvalue weighted by molar-refractivity contribution is 4.72. The van der Waals surface area contributed by atoms with Gasteiger partial charge in [0, 0.05) is 12.4 Å². The second kappa shape index (κ2) is 5.95. The first-order chi connectivity index (χ1) is 4.23. The van der Waals surface area contributed by atoms with E-state index in [9.17, 15) is 0 Å². The van der Waals surface area contributed by atoms with E-state index in [0.29, 0.717) is 0 Å². The van der Waals surface area contributed by atoms with Gasteiger partial charge in [-0.05, 0) is 9.50 Å². The fraction of sp³-hybridized carbons (Fsp3) is 0. The van der Waals surface area contributed by atoms with E-state index in [1.807, 2.05) is 6.07 Å². The maximum atomic E-state index is 8.68. The highest BCUT2D eigenvalue weighted by Crippen LogP contribution is 1.64. The molecule has 0 radical (unpaired) electrons. The van der Waals surface area contributed by atoms with Gasteiger partial charge in [-0.2, -0.15) is 5.10 Å². The van der Waals surface area contributed by atoms with Gasteiger partial charge in [0.05, 0.1) is 0 Å². The molecule has 9 heavy (non-hydrogen) atoms. The summed E-state index contributed by atoms with van der Waals surface area (Å²) >= 11 is -3.76. The fourth-order valence-electron chi connectivity index (χ4n) is 0.215. The van der Waals surface area contributed by atoms with Gasteiger partial charge >= 0.3 is 21.1 Å². The quantitative estimate of drug-likeness (QED) is 0.445. The van der Waals surface area contributed by atoms with Crippen molar-refractivity contribution in [2.75, 3.05) is 0 Å². The van der Waals surface area contributed by atoms with Crippen LogP contribution in [0.4, 0.5) is 0 Å². The average molecular weight is 244 g/mol. The van der Waals surface area contributed by atoms with Crippen molar-refractivity contribution < 1.29 is 31.4 Å². The lowest BCUT2D eigenvalue weighted by Gasteiger charge is -1.67. The lowest BCUT2D eigenvalue weighted by atomic mass is 10.8. The number of hydrogen-bond acceptors (Lipinski definition) is 4. The Morgan fingerprint density at radius 3 is 2.22 bits per heavy atom. The van der Waals surface area contributed by atoms with Crippen molar-refractivity contribution in [2.45, 2.75) is 0 Å². The molecule has 0 aromatic carbocycles. The van der Waals surface area contributed by atoms with Crippen LogP contribution in [0.5, 0.6) is 0 Å². The van der Waals surface area contributed by atoms with Crippen LogP contribution in [0.3, 0.4) is 0 Å². The molecule has 0 aliphatic carbocycles. The Balaban J connectivity index is 0.000000148. The molecule has 0 aliphatic heterocycles. The Bertz CT molecular complexity index is 101. The minimum absolute atomic E-state index is 1.69. The standard InChI is InChI=1S/C3H4N2.HIO3/c1-2-4-5-3-1;2-1(3)4/h1-3H,(H,4,5);2H. The summed E-state index contributed by atoms with van der Waals surface area (Å²) in [7, 11) is 0. The van der Waals surface area contributed by atoms with Gasteiger partial charge in [-0.25, -0.2) is 0 Å². The van der Waals surface area contributed by atoms with Crippen LogP contribution in [0, 0.1) is 0 Å². The molecular weight excluding hydrogens is 239 g/mol. The predicted molar refractivity (Wildman–Crippen MR) is 20.8 cm³/mol. The Hall–Kier alpha value is -0.180. The van der Waals surface area contributed by atoms with Crippen LogP contribution in [-0.2, 0) is 0 Å². The number of nitrogens with zero attached hydrogens (tertiary/aromatic N) is 1. The topological polar surface area (TPSA) is 95.0 Å². The molecule has 0 atom stereocenters. The number of rotatable bonds is 0. The van der Waals surface area contributed by atoms with Crippen molar-refractivity contribution in [1.82, 2.24) is 10.2 Å². The van der Waals surface area contributed by atoms with Gasteiger partial charge in [0.25, 0.3) is 0 Å². The van der Waals surface area contributed by atoms with Crippen LogP contribution in [-0.4, -0.2) is 13.6 Å². The van der Waals surface area contributed by atoms with Crippen LogP contribution >= 0.6 is 0 Å². The smallest absolute Gasteiger partial charge is 0.396 e.